The number of carbonyl (C=O) groups is 1. The lowest BCUT2D eigenvalue weighted by Crippen LogP contribution is -2.24. The van der Waals surface area contributed by atoms with E-state index in [0.717, 1.165) is 0 Å². The number of halogens is 1. The van der Waals surface area contributed by atoms with Crippen LogP contribution in [0.25, 0.3) is 5.65 Å². The van der Waals surface area contributed by atoms with E-state index in [-0.39, 0.29) is 11.5 Å². The number of esters is 1. The van der Waals surface area contributed by atoms with Gasteiger partial charge in [0.1, 0.15) is 5.65 Å². The second kappa shape index (κ2) is 6.69. The predicted molar refractivity (Wildman–Crippen MR) is 79.4 cm³/mol. The van der Waals surface area contributed by atoms with Crippen molar-refractivity contribution in [1.29, 1.82) is 0 Å². The van der Waals surface area contributed by atoms with E-state index in [4.69, 9.17) is 11.6 Å². The van der Waals surface area contributed by atoms with Gasteiger partial charge in [0.25, 0.3) is 5.56 Å². The third kappa shape index (κ3) is 4.03. The van der Waals surface area contributed by atoms with Gasteiger partial charge in [0.15, 0.2) is 0 Å². The zero-order valence-electron chi connectivity index (χ0n) is 11.9. The Bertz CT molecular complexity index is 714. The van der Waals surface area contributed by atoms with E-state index in [2.05, 4.69) is 9.72 Å². The Morgan fingerprint density at radius 1 is 1.48 bits per heavy atom. The van der Waals surface area contributed by atoms with Crippen molar-refractivity contribution in [2.24, 2.45) is 0 Å². The number of nitrogens with zero attached hydrogens (tertiary/aromatic N) is 3. The zero-order chi connectivity index (χ0) is 15.4. The molecule has 0 N–H and O–H groups in total. The second-order valence-electron chi connectivity index (χ2n) is 4.73. The third-order valence-electron chi connectivity index (χ3n) is 3.03. The van der Waals surface area contributed by atoms with Crippen LogP contribution in [0.5, 0.6) is 0 Å². The Morgan fingerprint density at radius 2 is 2.24 bits per heavy atom. The van der Waals surface area contributed by atoms with E-state index in [1.807, 2.05) is 11.9 Å². The number of hydrogen-bond acceptors (Lipinski definition) is 5. The molecule has 0 bridgehead atoms. The molecule has 2 aromatic rings. The van der Waals surface area contributed by atoms with Crippen molar-refractivity contribution in [3.05, 3.63) is 45.5 Å². The number of hydrogen-bond donors (Lipinski definition) is 0. The van der Waals surface area contributed by atoms with Crippen molar-refractivity contribution in [2.75, 3.05) is 20.7 Å². The lowest BCUT2D eigenvalue weighted by molar-refractivity contribution is -0.140. The smallest absolute Gasteiger partial charge is 0.306 e. The summed E-state index contributed by atoms with van der Waals surface area (Å²) in [5.74, 6) is -0.261. The molecule has 0 amide bonds. The van der Waals surface area contributed by atoms with Gasteiger partial charge < -0.3 is 4.74 Å². The molecule has 0 unspecified atom stereocenters. The van der Waals surface area contributed by atoms with Crippen LogP contribution in [0.2, 0.25) is 5.02 Å². The highest BCUT2D eigenvalue weighted by molar-refractivity contribution is 6.30. The van der Waals surface area contributed by atoms with Crippen LogP contribution >= 0.6 is 11.6 Å². The average molecular weight is 310 g/mol. The molecule has 0 spiro atoms. The lowest BCUT2D eigenvalue weighted by Gasteiger charge is -2.15. The molecular weight excluding hydrogens is 294 g/mol. The summed E-state index contributed by atoms with van der Waals surface area (Å²) in [6, 6.07) is 4.85. The minimum atomic E-state index is -0.261. The molecule has 0 aliphatic rings. The summed E-state index contributed by atoms with van der Waals surface area (Å²) in [6.07, 6.45) is 1.84. The summed E-state index contributed by atoms with van der Waals surface area (Å²) in [7, 11) is 3.22. The highest BCUT2D eigenvalue weighted by Crippen LogP contribution is 2.09. The fraction of sp³-hybridized carbons (Fsp3) is 0.357. The molecule has 2 rings (SSSR count). The standard InChI is InChI=1S/C14H16ClN3O3/c1-17(6-5-14(20)21-2)9-11-7-13(19)18-8-10(15)3-4-12(18)16-11/h3-4,7-8H,5-6,9H2,1-2H3. The summed E-state index contributed by atoms with van der Waals surface area (Å²) in [6.45, 7) is 1.01. The molecule has 21 heavy (non-hydrogen) atoms. The molecule has 2 aromatic heterocycles. The minimum absolute atomic E-state index is 0.182. The van der Waals surface area contributed by atoms with Gasteiger partial charge in [-0.1, -0.05) is 11.6 Å². The monoisotopic (exact) mass is 309 g/mol. The molecule has 0 radical (unpaired) electrons. The molecule has 112 valence electrons. The molecule has 0 fully saturated rings. The summed E-state index contributed by atoms with van der Waals surface area (Å²) < 4.78 is 5.99. The highest BCUT2D eigenvalue weighted by Gasteiger charge is 2.08. The molecule has 0 aliphatic carbocycles. The molecule has 0 atom stereocenters. The van der Waals surface area contributed by atoms with Gasteiger partial charge in [-0.2, -0.15) is 0 Å². The van der Waals surface area contributed by atoms with E-state index in [1.54, 1.807) is 12.1 Å². The molecule has 0 saturated carbocycles. The maximum absolute atomic E-state index is 12.0. The summed E-state index contributed by atoms with van der Waals surface area (Å²) in [5, 5.41) is 0.481. The molecular formula is C14H16ClN3O3. The van der Waals surface area contributed by atoms with E-state index in [0.29, 0.717) is 35.9 Å². The molecule has 0 aliphatic heterocycles. The largest absolute Gasteiger partial charge is 0.469 e. The lowest BCUT2D eigenvalue weighted by atomic mass is 10.3. The number of pyridine rings is 1. The summed E-state index contributed by atoms with van der Waals surface area (Å²) in [5.41, 5.74) is 1.01. The summed E-state index contributed by atoms with van der Waals surface area (Å²) >= 11 is 5.86. The number of methoxy groups -OCH3 is 1. The van der Waals surface area contributed by atoms with E-state index >= 15 is 0 Å². The number of aromatic nitrogens is 2. The molecule has 0 aromatic carbocycles. The number of ether oxygens (including phenoxy) is 1. The van der Waals surface area contributed by atoms with Crippen molar-refractivity contribution in [2.45, 2.75) is 13.0 Å². The van der Waals surface area contributed by atoms with Crippen LogP contribution in [0.1, 0.15) is 12.1 Å². The van der Waals surface area contributed by atoms with Crippen LogP contribution in [0.3, 0.4) is 0 Å². The van der Waals surface area contributed by atoms with Gasteiger partial charge >= 0.3 is 5.97 Å². The number of fused-ring (bicyclic) bond motifs is 1. The van der Waals surface area contributed by atoms with Crippen LogP contribution < -0.4 is 5.56 Å². The predicted octanol–water partition coefficient (Wildman–Crippen LogP) is 1.34. The SMILES string of the molecule is COC(=O)CCN(C)Cc1cc(=O)n2cc(Cl)ccc2n1. The number of rotatable bonds is 5. The van der Waals surface area contributed by atoms with Gasteiger partial charge in [-0.15, -0.1) is 0 Å². The van der Waals surface area contributed by atoms with Crippen molar-refractivity contribution in [1.82, 2.24) is 14.3 Å². The van der Waals surface area contributed by atoms with Crippen molar-refractivity contribution < 1.29 is 9.53 Å². The quantitative estimate of drug-likeness (QED) is 0.780. The van der Waals surface area contributed by atoms with Crippen molar-refractivity contribution in [3.8, 4) is 0 Å². The third-order valence-corrected chi connectivity index (χ3v) is 3.26. The van der Waals surface area contributed by atoms with Gasteiger partial charge in [-0.05, 0) is 19.2 Å². The van der Waals surface area contributed by atoms with Crippen LogP contribution in [0.15, 0.2) is 29.2 Å². The van der Waals surface area contributed by atoms with Gasteiger partial charge in [-0.25, -0.2) is 4.98 Å². The Kier molecular flexibility index (Phi) is 4.93. The second-order valence-corrected chi connectivity index (χ2v) is 5.16. The summed E-state index contributed by atoms with van der Waals surface area (Å²) in [4.78, 5) is 29.4. The topological polar surface area (TPSA) is 63.9 Å². The van der Waals surface area contributed by atoms with Crippen LogP contribution in [-0.2, 0) is 16.1 Å². The van der Waals surface area contributed by atoms with Crippen LogP contribution in [0.4, 0.5) is 0 Å². The first-order chi connectivity index (χ1) is 9.99. The van der Waals surface area contributed by atoms with Crippen molar-refractivity contribution in [3.63, 3.8) is 0 Å². The maximum atomic E-state index is 12.0. The van der Waals surface area contributed by atoms with Crippen LogP contribution in [0, 0.1) is 0 Å². The maximum Gasteiger partial charge on any atom is 0.306 e. The van der Waals surface area contributed by atoms with Gasteiger partial charge in [0.2, 0.25) is 0 Å². The number of carbonyl (C=O) groups excluding carboxylic acids is 1. The first-order valence-corrected chi connectivity index (χ1v) is 6.80. The fourth-order valence-corrected chi connectivity index (χ4v) is 2.11. The Balaban J connectivity index is 2.14. The molecule has 2 heterocycles. The first-order valence-electron chi connectivity index (χ1n) is 6.43. The Hall–Kier alpha value is -1.92. The van der Waals surface area contributed by atoms with E-state index in [1.165, 1.54) is 23.8 Å². The van der Waals surface area contributed by atoms with Crippen molar-refractivity contribution >= 4 is 23.2 Å². The normalized spacial score (nSPS) is 11.0. The zero-order valence-corrected chi connectivity index (χ0v) is 12.6. The minimum Gasteiger partial charge on any atom is -0.469 e. The van der Waals surface area contributed by atoms with Crippen LogP contribution in [-0.4, -0.2) is 41.0 Å². The van der Waals surface area contributed by atoms with Gasteiger partial charge in [0.05, 0.1) is 24.2 Å². The first kappa shape index (κ1) is 15.5. The molecule has 0 saturated heterocycles. The van der Waals surface area contributed by atoms with Gasteiger partial charge in [0, 0.05) is 25.4 Å². The Labute approximate surface area is 126 Å². The fourth-order valence-electron chi connectivity index (χ4n) is 1.95. The molecule has 7 heteroatoms. The average Bonchev–Trinajstić information content (AvgIpc) is 2.45. The Morgan fingerprint density at radius 3 is 2.95 bits per heavy atom. The molecule has 6 nitrogen and oxygen atoms in total. The highest BCUT2D eigenvalue weighted by atomic mass is 35.5. The van der Waals surface area contributed by atoms with E-state index < -0.39 is 0 Å². The van der Waals surface area contributed by atoms with Gasteiger partial charge in [-0.3, -0.25) is 18.9 Å². The van der Waals surface area contributed by atoms with E-state index in [9.17, 15) is 9.59 Å².